The summed E-state index contributed by atoms with van der Waals surface area (Å²) in [5.74, 6) is -0.0702. The van der Waals surface area contributed by atoms with Crippen LogP contribution in [0.2, 0.25) is 0 Å². The summed E-state index contributed by atoms with van der Waals surface area (Å²) in [7, 11) is 1.74. The van der Waals surface area contributed by atoms with E-state index >= 15 is 0 Å². The van der Waals surface area contributed by atoms with Gasteiger partial charge in [0.05, 0.1) is 6.67 Å². The van der Waals surface area contributed by atoms with Gasteiger partial charge in [0, 0.05) is 0 Å². The summed E-state index contributed by atoms with van der Waals surface area (Å²) in [6.45, 7) is 0.409. The van der Waals surface area contributed by atoms with Crippen LogP contribution in [0.3, 0.4) is 0 Å². The zero-order valence-corrected chi connectivity index (χ0v) is 5.81. The lowest BCUT2D eigenvalue weighted by molar-refractivity contribution is 0.828. The van der Waals surface area contributed by atoms with Crippen LogP contribution in [0.5, 0.6) is 0 Å². The number of guanidine groups is 2. The van der Waals surface area contributed by atoms with Crippen LogP contribution in [0.15, 0.2) is 4.99 Å². The molecule has 0 atom stereocenters. The average molecular weight is 144 g/mol. The minimum atomic E-state index is -0.211. The van der Waals surface area contributed by atoms with Gasteiger partial charge in [0.2, 0.25) is 0 Å². The van der Waals surface area contributed by atoms with Crippen molar-refractivity contribution in [2.24, 2.45) is 16.5 Å². The fourth-order valence-electron chi connectivity index (χ4n) is 0.342. The van der Waals surface area contributed by atoms with Crippen LogP contribution < -0.4 is 22.1 Å². The molecule has 0 saturated carbocycles. The lowest BCUT2D eigenvalue weighted by atomic mass is 10.8. The number of nitrogens with zero attached hydrogens (tertiary/aromatic N) is 1. The van der Waals surface area contributed by atoms with Crippen LogP contribution >= 0.6 is 0 Å². The predicted molar refractivity (Wildman–Crippen MR) is 40.6 cm³/mol. The molecule has 0 aliphatic heterocycles. The van der Waals surface area contributed by atoms with Gasteiger partial charge in [0.1, 0.15) is 0 Å². The minimum Gasteiger partial charge on any atom is -0.370 e. The number of hydrogen-bond donors (Lipinski definition) is 5. The maximum absolute atomic E-state index is 6.75. The van der Waals surface area contributed by atoms with Gasteiger partial charge in [-0.25, -0.2) is 4.99 Å². The van der Waals surface area contributed by atoms with Crippen LogP contribution in [-0.4, -0.2) is 25.6 Å². The fraction of sp³-hybridized carbons (Fsp3) is 0.500. The van der Waals surface area contributed by atoms with Gasteiger partial charge in [-0.2, -0.15) is 0 Å². The third-order valence-electron chi connectivity index (χ3n) is 0.670. The molecule has 0 aromatic heterocycles. The maximum Gasteiger partial charge on any atom is 0.196 e. The highest BCUT2D eigenvalue weighted by Gasteiger charge is 1.88. The topological polar surface area (TPSA) is 112 Å². The van der Waals surface area contributed by atoms with Crippen molar-refractivity contribution in [3.05, 3.63) is 0 Å². The van der Waals surface area contributed by atoms with Crippen LogP contribution in [-0.2, 0) is 0 Å². The van der Waals surface area contributed by atoms with Crippen molar-refractivity contribution in [3.8, 4) is 0 Å². The fourth-order valence-corrected chi connectivity index (χ4v) is 0.342. The molecule has 7 N–H and O–H groups in total. The summed E-state index contributed by atoms with van der Waals surface area (Å²) in [6, 6.07) is 0. The van der Waals surface area contributed by atoms with Gasteiger partial charge in [-0.05, 0) is 7.05 Å². The Morgan fingerprint density at radius 3 is 2.60 bits per heavy atom. The number of aliphatic imine (C=N–C) groups is 1. The Bertz CT molecular complexity index is 139. The summed E-state index contributed by atoms with van der Waals surface area (Å²) in [6.07, 6.45) is 0. The molecule has 0 heterocycles. The molecule has 0 aliphatic carbocycles. The van der Waals surface area contributed by atoms with Crippen molar-refractivity contribution >= 4 is 11.9 Å². The van der Waals surface area contributed by atoms with Crippen molar-refractivity contribution in [1.82, 2.24) is 10.6 Å². The van der Waals surface area contributed by atoms with Gasteiger partial charge in [-0.15, -0.1) is 0 Å². The van der Waals surface area contributed by atoms with E-state index < -0.39 is 0 Å². The van der Waals surface area contributed by atoms with Crippen LogP contribution in [0.1, 0.15) is 0 Å². The molecule has 0 unspecified atom stereocenters. The van der Waals surface area contributed by atoms with Crippen molar-refractivity contribution in [2.45, 2.75) is 0 Å². The normalized spacial score (nSPS) is 11.1. The van der Waals surface area contributed by atoms with E-state index in [1.165, 1.54) is 0 Å². The Morgan fingerprint density at radius 2 is 2.20 bits per heavy atom. The summed E-state index contributed by atoms with van der Waals surface area (Å²) < 4.78 is 0. The first kappa shape index (κ1) is 8.70. The van der Waals surface area contributed by atoms with Gasteiger partial charge in [0.25, 0.3) is 0 Å². The molecule has 0 radical (unpaired) electrons. The van der Waals surface area contributed by atoms with E-state index in [9.17, 15) is 0 Å². The van der Waals surface area contributed by atoms with Crippen LogP contribution in [0.4, 0.5) is 0 Å². The average Bonchev–Trinajstić information content (AvgIpc) is 1.82. The largest absolute Gasteiger partial charge is 0.370 e. The third-order valence-corrected chi connectivity index (χ3v) is 0.670. The second kappa shape index (κ2) is 4.57. The molecule has 0 bridgehead atoms. The Balaban J connectivity index is 3.59. The van der Waals surface area contributed by atoms with Gasteiger partial charge >= 0.3 is 0 Å². The highest BCUT2D eigenvalue weighted by molar-refractivity contribution is 5.95. The molecular formula is C4H12N6. The zero-order chi connectivity index (χ0) is 7.98. The van der Waals surface area contributed by atoms with Crippen LogP contribution in [0, 0.1) is 5.41 Å². The van der Waals surface area contributed by atoms with Crippen molar-refractivity contribution in [2.75, 3.05) is 13.7 Å². The number of nitrogens with two attached hydrogens (primary N) is 2. The second-order valence-corrected chi connectivity index (χ2v) is 1.59. The summed E-state index contributed by atoms with van der Waals surface area (Å²) in [4.78, 5) is 3.73. The summed E-state index contributed by atoms with van der Waals surface area (Å²) >= 11 is 0. The molecule has 0 aromatic carbocycles. The zero-order valence-electron chi connectivity index (χ0n) is 5.81. The third kappa shape index (κ3) is 4.85. The molecule has 0 spiro atoms. The molecule has 6 heteroatoms. The molecule has 58 valence electrons. The molecule has 6 nitrogen and oxygen atoms in total. The molecule has 0 saturated heterocycles. The van der Waals surface area contributed by atoms with Crippen LogP contribution in [0.25, 0.3) is 0 Å². The molecule has 0 aromatic rings. The van der Waals surface area contributed by atoms with Gasteiger partial charge in [0.15, 0.2) is 11.9 Å². The highest BCUT2D eigenvalue weighted by atomic mass is 15.2. The SMILES string of the molecule is CNCN=C(N)NC(=N)N. The van der Waals surface area contributed by atoms with E-state index in [0.717, 1.165) is 0 Å². The lowest BCUT2D eigenvalue weighted by Crippen LogP contribution is -2.41. The first-order chi connectivity index (χ1) is 4.66. The van der Waals surface area contributed by atoms with Gasteiger partial charge < -0.3 is 16.8 Å². The molecule has 0 fully saturated rings. The van der Waals surface area contributed by atoms with E-state index in [-0.39, 0.29) is 11.9 Å². The van der Waals surface area contributed by atoms with Gasteiger partial charge in [-0.1, -0.05) is 0 Å². The molecular weight excluding hydrogens is 132 g/mol. The standard InChI is InChI=1S/C4H12N6/c1-8-2-9-4(7)10-3(5)6/h8H,2H2,1H3,(H6,5,6,7,9,10). The van der Waals surface area contributed by atoms with Gasteiger partial charge in [-0.3, -0.25) is 10.7 Å². The van der Waals surface area contributed by atoms with Crippen molar-refractivity contribution < 1.29 is 0 Å². The predicted octanol–water partition coefficient (Wildman–Crippen LogP) is -2.04. The lowest BCUT2D eigenvalue weighted by Gasteiger charge is -2.00. The number of nitrogens with one attached hydrogen (secondary N) is 3. The Hall–Kier alpha value is -1.30. The summed E-state index contributed by atoms with van der Waals surface area (Å²) in [5, 5.41) is 11.8. The monoisotopic (exact) mass is 144 g/mol. The Morgan fingerprint density at radius 1 is 1.60 bits per heavy atom. The minimum absolute atomic E-state index is 0.141. The Kier molecular flexibility index (Phi) is 3.97. The first-order valence-electron chi connectivity index (χ1n) is 2.72. The van der Waals surface area contributed by atoms with E-state index in [2.05, 4.69) is 15.6 Å². The maximum atomic E-state index is 6.75. The molecule has 0 amide bonds. The molecule has 10 heavy (non-hydrogen) atoms. The first-order valence-corrected chi connectivity index (χ1v) is 2.72. The molecule has 0 rings (SSSR count). The summed E-state index contributed by atoms with van der Waals surface area (Å²) in [5.41, 5.74) is 10.2. The Labute approximate surface area is 59.2 Å². The van der Waals surface area contributed by atoms with Crippen molar-refractivity contribution in [1.29, 1.82) is 5.41 Å². The van der Waals surface area contributed by atoms with E-state index in [1.54, 1.807) is 7.05 Å². The second-order valence-electron chi connectivity index (χ2n) is 1.59. The quantitative estimate of drug-likeness (QED) is 0.227. The number of hydrogen-bond acceptors (Lipinski definition) is 3. The van der Waals surface area contributed by atoms with Crippen molar-refractivity contribution in [3.63, 3.8) is 0 Å². The molecule has 0 aliphatic rings. The van der Waals surface area contributed by atoms with E-state index in [1.807, 2.05) is 0 Å². The highest BCUT2D eigenvalue weighted by Crippen LogP contribution is 1.61. The number of rotatable bonds is 2. The van der Waals surface area contributed by atoms with E-state index in [4.69, 9.17) is 16.9 Å². The van der Waals surface area contributed by atoms with E-state index in [0.29, 0.717) is 6.67 Å². The smallest absolute Gasteiger partial charge is 0.196 e.